The number of hydrogen-bond acceptors (Lipinski definition) is 1. The summed E-state index contributed by atoms with van der Waals surface area (Å²) in [7, 11) is 0. The molecule has 2 saturated carbocycles. The van der Waals surface area contributed by atoms with Crippen molar-refractivity contribution in [1.82, 2.24) is 5.32 Å². The molecule has 0 aromatic rings. The van der Waals surface area contributed by atoms with E-state index in [4.69, 9.17) is 0 Å². The summed E-state index contributed by atoms with van der Waals surface area (Å²) >= 11 is 0. The van der Waals surface area contributed by atoms with Crippen molar-refractivity contribution in [3.8, 4) is 0 Å². The molecule has 0 atom stereocenters. The highest BCUT2D eigenvalue weighted by Gasteiger charge is 2.15. The minimum atomic E-state index is 0.817. The summed E-state index contributed by atoms with van der Waals surface area (Å²) in [5.41, 5.74) is 0. The predicted molar refractivity (Wildman–Crippen MR) is 112 cm³/mol. The molecule has 0 bridgehead atoms. The van der Waals surface area contributed by atoms with Crippen LogP contribution in [0.2, 0.25) is 0 Å². The Kier molecular flexibility index (Phi) is 12.8. The molecule has 0 saturated heterocycles. The Balaban J connectivity index is 1.75. The van der Waals surface area contributed by atoms with Crippen molar-refractivity contribution in [2.24, 2.45) is 0 Å². The zero-order chi connectivity index (χ0) is 17.4. The van der Waals surface area contributed by atoms with Gasteiger partial charge in [0.15, 0.2) is 0 Å². The maximum absolute atomic E-state index is 4.16. The normalized spacial score (nSPS) is 25.9. The van der Waals surface area contributed by atoms with Gasteiger partial charge in [-0.05, 0) is 25.7 Å². The third kappa shape index (κ3) is 11.3. The molecule has 2 rings (SSSR count). The zero-order valence-electron chi connectivity index (χ0n) is 17.2. The Labute approximate surface area is 159 Å². The molecular formula is C24H47N. The Morgan fingerprint density at radius 1 is 0.280 bits per heavy atom. The third-order valence-corrected chi connectivity index (χ3v) is 6.68. The summed E-state index contributed by atoms with van der Waals surface area (Å²) in [5.74, 6) is 0. The molecule has 0 spiro atoms. The number of rotatable bonds is 2. The second-order valence-electron chi connectivity index (χ2n) is 9.08. The zero-order valence-corrected chi connectivity index (χ0v) is 17.2. The first kappa shape index (κ1) is 21.3. The van der Waals surface area contributed by atoms with Crippen LogP contribution in [-0.4, -0.2) is 12.1 Å². The van der Waals surface area contributed by atoms with Gasteiger partial charge in [0.05, 0.1) is 0 Å². The molecule has 1 nitrogen and oxygen atoms in total. The molecule has 0 aromatic carbocycles. The van der Waals surface area contributed by atoms with Crippen LogP contribution >= 0.6 is 0 Å². The minimum absolute atomic E-state index is 0.817. The van der Waals surface area contributed by atoms with E-state index >= 15 is 0 Å². The van der Waals surface area contributed by atoms with Gasteiger partial charge in [-0.25, -0.2) is 0 Å². The van der Waals surface area contributed by atoms with E-state index in [1.807, 2.05) is 0 Å². The molecule has 2 fully saturated rings. The molecule has 0 unspecified atom stereocenters. The molecule has 0 amide bonds. The molecular weight excluding hydrogens is 302 g/mol. The van der Waals surface area contributed by atoms with Gasteiger partial charge in [0, 0.05) is 12.1 Å². The van der Waals surface area contributed by atoms with Crippen LogP contribution < -0.4 is 5.32 Å². The lowest BCUT2D eigenvalue weighted by Crippen LogP contribution is -2.38. The van der Waals surface area contributed by atoms with Crippen molar-refractivity contribution >= 4 is 0 Å². The summed E-state index contributed by atoms with van der Waals surface area (Å²) in [4.78, 5) is 0. The first-order chi connectivity index (χ1) is 12.4. The lowest BCUT2D eigenvalue weighted by molar-refractivity contribution is 0.325. The second-order valence-corrected chi connectivity index (χ2v) is 9.08. The molecule has 1 heteroatoms. The van der Waals surface area contributed by atoms with Gasteiger partial charge >= 0.3 is 0 Å². The molecule has 1 N–H and O–H groups in total. The van der Waals surface area contributed by atoms with Gasteiger partial charge in [-0.2, -0.15) is 0 Å². The standard InChI is InChI=1S/C24H47N/c1-3-7-11-15-19-23(20-16-12-8-4-1)25-24-21-17-13-9-5-2-6-10-14-18-22-24/h23-25H,1-22H2. The van der Waals surface area contributed by atoms with Crippen LogP contribution in [0.15, 0.2) is 0 Å². The van der Waals surface area contributed by atoms with E-state index in [2.05, 4.69) is 5.32 Å². The van der Waals surface area contributed by atoms with Crippen LogP contribution in [0, 0.1) is 0 Å². The summed E-state index contributed by atoms with van der Waals surface area (Å²) in [6.07, 6.45) is 32.4. The first-order valence-corrected chi connectivity index (χ1v) is 12.2. The van der Waals surface area contributed by atoms with Crippen LogP contribution in [-0.2, 0) is 0 Å². The quantitative estimate of drug-likeness (QED) is 0.533. The van der Waals surface area contributed by atoms with Gasteiger partial charge in [-0.15, -0.1) is 0 Å². The highest BCUT2D eigenvalue weighted by Crippen LogP contribution is 2.21. The van der Waals surface area contributed by atoms with Crippen molar-refractivity contribution in [2.75, 3.05) is 0 Å². The Morgan fingerprint density at radius 2 is 0.480 bits per heavy atom. The highest BCUT2D eigenvalue weighted by molar-refractivity contribution is 4.76. The topological polar surface area (TPSA) is 12.0 Å². The van der Waals surface area contributed by atoms with Gasteiger partial charge in [-0.1, -0.05) is 116 Å². The van der Waals surface area contributed by atoms with E-state index in [0.717, 1.165) is 12.1 Å². The van der Waals surface area contributed by atoms with Gasteiger partial charge in [0.25, 0.3) is 0 Å². The van der Waals surface area contributed by atoms with Gasteiger partial charge < -0.3 is 5.32 Å². The lowest BCUT2D eigenvalue weighted by atomic mass is 9.94. The predicted octanol–water partition coefficient (Wildman–Crippen LogP) is 7.92. The number of hydrogen-bond donors (Lipinski definition) is 1. The average Bonchev–Trinajstić information content (AvgIpc) is 2.59. The summed E-state index contributed by atoms with van der Waals surface area (Å²) in [6, 6.07) is 1.63. The van der Waals surface area contributed by atoms with E-state index in [9.17, 15) is 0 Å². The average molecular weight is 350 g/mol. The Bertz CT molecular complexity index is 236. The summed E-state index contributed by atoms with van der Waals surface area (Å²) in [5, 5.41) is 4.16. The smallest absolute Gasteiger partial charge is 0.00696 e. The van der Waals surface area contributed by atoms with Gasteiger partial charge in [0.1, 0.15) is 0 Å². The molecule has 0 aromatic heterocycles. The fourth-order valence-corrected chi connectivity index (χ4v) is 4.99. The molecule has 25 heavy (non-hydrogen) atoms. The molecule has 0 heterocycles. The van der Waals surface area contributed by atoms with E-state index in [1.54, 1.807) is 0 Å². The fourth-order valence-electron chi connectivity index (χ4n) is 4.99. The molecule has 0 aliphatic heterocycles. The maximum Gasteiger partial charge on any atom is 0.00696 e. The van der Waals surface area contributed by atoms with Crippen molar-refractivity contribution < 1.29 is 0 Å². The molecule has 2 aliphatic carbocycles. The fraction of sp³-hybridized carbons (Fsp3) is 1.00. The van der Waals surface area contributed by atoms with Gasteiger partial charge in [0.2, 0.25) is 0 Å². The van der Waals surface area contributed by atoms with Crippen molar-refractivity contribution in [3.63, 3.8) is 0 Å². The number of nitrogens with one attached hydrogen (secondary N) is 1. The van der Waals surface area contributed by atoms with Gasteiger partial charge in [-0.3, -0.25) is 0 Å². The summed E-state index contributed by atoms with van der Waals surface area (Å²) in [6.45, 7) is 0. The largest absolute Gasteiger partial charge is 0.311 e. The minimum Gasteiger partial charge on any atom is -0.311 e. The van der Waals surface area contributed by atoms with E-state index in [-0.39, 0.29) is 0 Å². The molecule has 0 radical (unpaired) electrons. The van der Waals surface area contributed by atoms with Crippen LogP contribution in [0.3, 0.4) is 0 Å². The monoisotopic (exact) mass is 349 g/mol. The molecule has 2 aliphatic rings. The summed E-state index contributed by atoms with van der Waals surface area (Å²) < 4.78 is 0. The third-order valence-electron chi connectivity index (χ3n) is 6.68. The Morgan fingerprint density at radius 3 is 0.720 bits per heavy atom. The van der Waals surface area contributed by atoms with E-state index < -0.39 is 0 Å². The SMILES string of the molecule is C1CCCCCC(NC2CCCCCCCCCCC2)CCCCC1. The van der Waals surface area contributed by atoms with Crippen LogP contribution in [0.5, 0.6) is 0 Å². The van der Waals surface area contributed by atoms with Crippen molar-refractivity contribution in [1.29, 1.82) is 0 Å². The van der Waals surface area contributed by atoms with Crippen LogP contribution in [0.25, 0.3) is 0 Å². The van der Waals surface area contributed by atoms with Crippen LogP contribution in [0.1, 0.15) is 141 Å². The van der Waals surface area contributed by atoms with Crippen molar-refractivity contribution in [3.05, 3.63) is 0 Å². The van der Waals surface area contributed by atoms with E-state index in [0.29, 0.717) is 0 Å². The Hall–Kier alpha value is -0.0400. The molecule has 148 valence electrons. The second kappa shape index (κ2) is 15.1. The lowest BCUT2D eigenvalue weighted by Gasteiger charge is -2.27. The maximum atomic E-state index is 4.16. The van der Waals surface area contributed by atoms with Crippen LogP contribution in [0.4, 0.5) is 0 Å². The van der Waals surface area contributed by atoms with Crippen molar-refractivity contribution in [2.45, 2.75) is 153 Å². The highest BCUT2D eigenvalue weighted by atomic mass is 14.9. The van der Waals surface area contributed by atoms with E-state index in [1.165, 1.54) is 141 Å². The first-order valence-electron chi connectivity index (χ1n) is 12.2.